The van der Waals surface area contributed by atoms with Gasteiger partial charge < -0.3 is 0 Å². The van der Waals surface area contributed by atoms with Crippen LogP contribution in [0.25, 0.3) is 0 Å². The standard InChI is InChI=1S/C112H204Si13/c1-113(2,97-65-105-49-21-22-50-105)73-37-81-121(17,82-38-74-114(3,4)98-66-106-51-23-24-52-106)89-45-93-125(94-46-90-122(18,83-39-75-115(5,6)99-67-107-53-25-26-54-107)84-40-76-116(7,8)100-68-108-55-27-28-56-108,95-47-91-123(19,85-41-77-117(9,10)101-69-109-57-29-30-58-109)86-42-78-118(11,12)102-70-110-59-31-32-60-110)96-48-92-124(20,87-43-79-119(13,14)103-71-111-61-33-34-62-111)88-44-80-120(15,16)104-72-112-63-35-36-64-112/h21-36,49-64,105-112H,37-48,65-104H2,1-20H3. The fourth-order valence-corrected chi connectivity index (χ4v) is 69.4. The van der Waals surface area contributed by atoms with Crippen LogP contribution in [-0.2, 0) is 0 Å². The highest BCUT2D eigenvalue weighted by atomic mass is 28.4. The lowest BCUT2D eigenvalue weighted by Crippen LogP contribution is -2.39. The summed E-state index contributed by atoms with van der Waals surface area (Å²) < 4.78 is 0. The molecule has 0 N–H and O–H groups in total. The van der Waals surface area contributed by atoms with Crippen LogP contribution in [0.15, 0.2) is 194 Å². The number of rotatable bonds is 72. The zero-order chi connectivity index (χ0) is 90.5. The highest BCUT2D eigenvalue weighted by Crippen LogP contribution is 2.46. The fourth-order valence-electron chi connectivity index (χ4n) is 24.6. The van der Waals surface area contributed by atoms with Crippen molar-refractivity contribution in [1.29, 1.82) is 0 Å². The van der Waals surface area contributed by atoms with Crippen LogP contribution in [0.5, 0.6) is 0 Å². The van der Waals surface area contributed by atoms with Crippen LogP contribution >= 0.6 is 0 Å². The summed E-state index contributed by atoms with van der Waals surface area (Å²) in [6.07, 6.45) is 107. The monoisotopic (exact) mass is 1910 g/mol. The molecular formula is C112H204Si13. The van der Waals surface area contributed by atoms with E-state index in [-0.39, 0.29) is 0 Å². The van der Waals surface area contributed by atoms with Crippen molar-refractivity contribution in [2.75, 3.05) is 0 Å². The lowest BCUT2D eigenvalue weighted by molar-refractivity contribution is 0.765. The van der Waals surface area contributed by atoms with E-state index in [4.69, 9.17) is 0 Å². The minimum atomic E-state index is -1.82. The number of hydrogen-bond donors (Lipinski definition) is 0. The second-order valence-electron chi connectivity index (χ2n) is 52.1. The van der Waals surface area contributed by atoms with Gasteiger partial charge in [-0.15, -0.1) is 0 Å². The molecule has 0 unspecified atom stereocenters. The molecule has 0 heterocycles. The van der Waals surface area contributed by atoms with Crippen LogP contribution < -0.4 is 0 Å². The van der Waals surface area contributed by atoms with Gasteiger partial charge in [0, 0.05) is 64.6 Å². The fraction of sp³-hybridized carbons (Fsp3) is 0.714. The van der Waals surface area contributed by atoms with Gasteiger partial charge >= 0.3 is 0 Å². The molecule has 0 amide bonds. The van der Waals surface area contributed by atoms with Gasteiger partial charge in [0.25, 0.3) is 0 Å². The second-order valence-corrected chi connectivity index (χ2v) is 120. The van der Waals surface area contributed by atoms with Crippen LogP contribution in [0.1, 0.15) is 128 Å². The molecule has 8 aliphatic rings. The Hall–Kier alpha value is -1.34. The first-order valence-corrected chi connectivity index (χ1v) is 96.5. The average molecular weight is 1920 g/mol. The van der Waals surface area contributed by atoms with Crippen LogP contribution in [0, 0.1) is 47.3 Å². The first-order valence-electron chi connectivity index (χ1n) is 53.9. The maximum absolute atomic E-state index is 3.06. The Bertz CT molecular complexity index is 2870. The molecule has 0 saturated carbocycles. The Balaban J connectivity index is 1.15. The summed E-state index contributed by atoms with van der Waals surface area (Å²) in [5.74, 6) is 5.51. The maximum Gasteiger partial charge on any atom is 0.0535 e. The zero-order valence-electron chi connectivity index (χ0n) is 86.4. The summed E-state index contributed by atoms with van der Waals surface area (Å²) in [5, 5.41) is 0. The Morgan fingerprint density at radius 3 is 0.320 bits per heavy atom. The van der Waals surface area contributed by atoms with Gasteiger partial charge in [-0.25, -0.2) is 0 Å². The molecule has 0 aromatic carbocycles. The van der Waals surface area contributed by atoms with Crippen LogP contribution in [-0.4, -0.2) is 105 Å². The summed E-state index contributed by atoms with van der Waals surface area (Å²) in [7, 11) is -18.7. The summed E-state index contributed by atoms with van der Waals surface area (Å²) in [4.78, 5) is 0. The smallest absolute Gasteiger partial charge is 0.0535 e. The molecule has 0 aromatic rings. The maximum atomic E-state index is 3.06. The lowest BCUT2D eigenvalue weighted by Gasteiger charge is -2.39. The summed E-state index contributed by atoms with van der Waals surface area (Å²) in [6, 6.07) is 50.8. The van der Waals surface area contributed by atoms with Crippen molar-refractivity contribution in [2.45, 2.75) is 453 Å². The number of allylic oxidation sites excluding steroid dienone is 32. The van der Waals surface area contributed by atoms with Gasteiger partial charge in [-0.2, -0.15) is 0 Å². The molecule has 8 aliphatic carbocycles. The van der Waals surface area contributed by atoms with E-state index in [9.17, 15) is 0 Å². The van der Waals surface area contributed by atoms with Crippen LogP contribution in [0.3, 0.4) is 0 Å². The minimum absolute atomic E-state index is 0.688. The molecule has 0 saturated heterocycles. The SMILES string of the molecule is C[Si](C)(CCC[Si](C)(CCC[Si](C)(C)CCC1C=CC=C1)CCC[Si](CCC[Si](C)(CCC[Si](C)(C)CCC1C=CC=C1)CCC[Si](C)(C)CCC1C=CC=C1)(CCC[Si](C)(CCC[Si](C)(C)CCC1C=CC=C1)CCC[Si](C)(C)CCC1C=CC=C1)CCC[Si](C)(CCC[Si](C)(C)CCC1C=CC=C1)CCC[Si](C)(C)CCC1C=CC=C1)CCC1C=CC=C1. The zero-order valence-corrected chi connectivity index (χ0v) is 99.4. The van der Waals surface area contributed by atoms with E-state index < -0.39 is 105 Å². The average Bonchev–Trinajstić information content (AvgIpc) is 1.69. The Morgan fingerprint density at radius 1 is 0.120 bits per heavy atom. The summed E-state index contributed by atoms with van der Waals surface area (Å²) in [5.41, 5.74) is 0. The molecular weight excluding hydrogens is 1710 g/mol. The quantitative estimate of drug-likeness (QED) is 0.0533. The second kappa shape index (κ2) is 53.2. The van der Waals surface area contributed by atoms with Crippen molar-refractivity contribution >= 4 is 105 Å². The third kappa shape index (κ3) is 45.2. The summed E-state index contributed by atoms with van der Waals surface area (Å²) >= 11 is 0. The Kier molecular flexibility index (Phi) is 46.4. The predicted molar refractivity (Wildman–Crippen MR) is 612 cm³/mol. The van der Waals surface area contributed by atoms with Crippen molar-refractivity contribution in [3.63, 3.8) is 0 Å². The third-order valence-electron chi connectivity index (χ3n) is 34.9. The molecule has 0 aliphatic heterocycles. The van der Waals surface area contributed by atoms with Gasteiger partial charge in [0.1, 0.15) is 0 Å². The highest BCUT2D eigenvalue weighted by molar-refractivity contribution is 6.85. The van der Waals surface area contributed by atoms with Gasteiger partial charge in [0.15, 0.2) is 0 Å². The van der Waals surface area contributed by atoms with Crippen LogP contribution in [0.4, 0.5) is 0 Å². The van der Waals surface area contributed by atoms with E-state index in [1.807, 2.05) is 0 Å². The highest BCUT2D eigenvalue weighted by Gasteiger charge is 2.41. The van der Waals surface area contributed by atoms with E-state index >= 15 is 0 Å². The van der Waals surface area contributed by atoms with Crippen molar-refractivity contribution in [1.82, 2.24) is 0 Å². The Morgan fingerprint density at radius 2 is 0.216 bits per heavy atom. The van der Waals surface area contributed by atoms with E-state index in [0.29, 0.717) is 47.3 Å². The van der Waals surface area contributed by atoms with Crippen molar-refractivity contribution in [3.05, 3.63) is 194 Å². The predicted octanol–water partition coefficient (Wildman–Crippen LogP) is 39.2. The molecule has 0 bridgehead atoms. The van der Waals surface area contributed by atoms with E-state index in [1.54, 1.807) is 171 Å². The molecule has 0 aromatic heterocycles. The first-order chi connectivity index (χ1) is 59.1. The molecule has 125 heavy (non-hydrogen) atoms. The van der Waals surface area contributed by atoms with Crippen molar-refractivity contribution in [2.24, 2.45) is 47.3 Å². The Labute approximate surface area is 792 Å². The van der Waals surface area contributed by atoms with Crippen molar-refractivity contribution in [3.8, 4) is 0 Å². The molecule has 0 spiro atoms. The van der Waals surface area contributed by atoms with Gasteiger partial charge in [-0.3, -0.25) is 0 Å². The largest absolute Gasteiger partial charge is 0.0776 e. The molecule has 0 fully saturated rings. The van der Waals surface area contributed by atoms with Crippen LogP contribution in [0.2, 0.25) is 324 Å². The molecule has 0 nitrogen and oxygen atoms in total. The summed E-state index contributed by atoms with van der Waals surface area (Å²) in [6.45, 7) is 57.1. The van der Waals surface area contributed by atoms with E-state index in [0.717, 1.165) is 0 Å². The van der Waals surface area contributed by atoms with Crippen molar-refractivity contribution < 1.29 is 0 Å². The van der Waals surface area contributed by atoms with Gasteiger partial charge in [-0.1, -0.05) is 596 Å². The first kappa shape index (κ1) is 109. The van der Waals surface area contributed by atoms with Gasteiger partial charge in [0.2, 0.25) is 0 Å². The molecule has 0 atom stereocenters. The molecule has 0 radical (unpaired) electrons. The third-order valence-corrected chi connectivity index (χ3v) is 86.1. The minimum Gasteiger partial charge on any atom is -0.0776 e. The lowest BCUT2D eigenvalue weighted by atomic mass is 10.1. The van der Waals surface area contributed by atoms with E-state index in [2.05, 4.69) is 325 Å². The van der Waals surface area contributed by atoms with Gasteiger partial charge in [0.05, 0.1) is 40.4 Å². The molecule has 13 heteroatoms. The normalized spacial score (nSPS) is 18.0. The molecule has 704 valence electrons. The van der Waals surface area contributed by atoms with E-state index in [1.165, 1.54) is 151 Å². The number of hydrogen-bond acceptors (Lipinski definition) is 0. The molecule has 8 rings (SSSR count). The topological polar surface area (TPSA) is 0 Å². The van der Waals surface area contributed by atoms with Gasteiger partial charge in [-0.05, 0) is 98.7 Å².